The fourth-order valence-corrected chi connectivity index (χ4v) is 2.26. The molecule has 1 unspecified atom stereocenters. The van der Waals surface area contributed by atoms with Crippen LogP contribution in [0.4, 0.5) is 0 Å². The molecule has 2 nitrogen and oxygen atoms in total. The molecule has 0 saturated heterocycles. The van der Waals surface area contributed by atoms with Gasteiger partial charge in [0.25, 0.3) is 0 Å². The molecule has 1 aliphatic carbocycles. The van der Waals surface area contributed by atoms with Gasteiger partial charge in [-0.25, -0.2) is 0 Å². The molecule has 14 heavy (non-hydrogen) atoms. The Kier molecular flexibility index (Phi) is 1.49. The average Bonchev–Trinajstić information content (AvgIpc) is 2.78. The molecule has 1 fully saturated rings. The fraction of sp³-hybridized carbons (Fsp3) is 0.500. The van der Waals surface area contributed by atoms with Crippen molar-refractivity contribution < 1.29 is 9.84 Å². The van der Waals surface area contributed by atoms with Crippen LogP contribution in [0.3, 0.4) is 0 Å². The lowest BCUT2D eigenvalue weighted by Gasteiger charge is -2.11. The van der Waals surface area contributed by atoms with Gasteiger partial charge in [-0.15, -0.1) is 0 Å². The zero-order valence-electron chi connectivity index (χ0n) is 8.29. The number of rotatable bonds is 1. The van der Waals surface area contributed by atoms with Gasteiger partial charge in [0.2, 0.25) is 0 Å². The second-order valence-corrected chi connectivity index (χ2v) is 4.45. The van der Waals surface area contributed by atoms with E-state index < -0.39 is 5.60 Å². The van der Waals surface area contributed by atoms with Crippen molar-refractivity contribution in [1.82, 2.24) is 0 Å². The molecular weight excluding hydrogens is 176 g/mol. The van der Waals surface area contributed by atoms with Gasteiger partial charge in [0, 0.05) is 12.0 Å². The van der Waals surface area contributed by atoms with Crippen LogP contribution in [0.15, 0.2) is 18.2 Å². The molecular formula is C12H14O2. The first-order valence-corrected chi connectivity index (χ1v) is 5.20. The van der Waals surface area contributed by atoms with Crippen molar-refractivity contribution in [2.24, 2.45) is 0 Å². The summed E-state index contributed by atoms with van der Waals surface area (Å²) in [6.45, 7) is 2.07. The van der Waals surface area contributed by atoms with Gasteiger partial charge in [0.1, 0.15) is 11.9 Å². The molecule has 0 amide bonds. The monoisotopic (exact) mass is 190 g/mol. The summed E-state index contributed by atoms with van der Waals surface area (Å²) >= 11 is 0. The Bertz CT molecular complexity index is 380. The van der Waals surface area contributed by atoms with Crippen molar-refractivity contribution in [3.63, 3.8) is 0 Å². The SMILES string of the molecule is CC1Cc2c(cccc2C2(O)CC2)O1. The van der Waals surface area contributed by atoms with E-state index in [-0.39, 0.29) is 6.10 Å². The molecule has 1 atom stereocenters. The summed E-state index contributed by atoms with van der Waals surface area (Å²) in [6.07, 6.45) is 3.00. The zero-order valence-corrected chi connectivity index (χ0v) is 8.29. The van der Waals surface area contributed by atoms with Crippen molar-refractivity contribution in [3.05, 3.63) is 29.3 Å². The van der Waals surface area contributed by atoms with Crippen LogP contribution in [0.25, 0.3) is 0 Å². The lowest BCUT2D eigenvalue weighted by atomic mass is 9.97. The van der Waals surface area contributed by atoms with Crippen LogP contribution in [0.5, 0.6) is 5.75 Å². The summed E-state index contributed by atoms with van der Waals surface area (Å²) in [4.78, 5) is 0. The van der Waals surface area contributed by atoms with Gasteiger partial charge < -0.3 is 9.84 Å². The molecule has 0 bridgehead atoms. The molecule has 2 heteroatoms. The first-order chi connectivity index (χ1) is 6.69. The third kappa shape index (κ3) is 1.07. The van der Waals surface area contributed by atoms with Crippen LogP contribution in [0, 0.1) is 0 Å². The second-order valence-electron chi connectivity index (χ2n) is 4.45. The molecule has 1 aromatic rings. The molecule has 0 aromatic heterocycles. The van der Waals surface area contributed by atoms with Crippen LogP contribution in [0.1, 0.15) is 30.9 Å². The maximum absolute atomic E-state index is 10.1. The van der Waals surface area contributed by atoms with Gasteiger partial charge in [-0.05, 0) is 31.4 Å². The predicted molar refractivity (Wildman–Crippen MR) is 53.4 cm³/mol. The van der Waals surface area contributed by atoms with Crippen molar-refractivity contribution >= 4 is 0 Å². The largest absolute Gasteiger partial charge is 0.490 e. The Morgan fingerprint density at radius 1 is 1.43 bits per heavy atom. The minimum atomic E-state index is -0.529. The lowest BCUT2D eigenvalue weighted by molar-refractivity contribution is 0.150. The standard InChI is InChI=1S/C12H14O2/c1-8-7-9-10(12(13)5-6-12)3-2-4-11(9)14-8/h2-4,8,13H,5-7H2,1H3. The van der Waals surface area contributed by atoms with E-state index >= 15 is 0 Å². The van der Waals surface area contributed by atoms with E-state index in [0.29, 0.717) is 0 Å². The highest BCUT2D eigenvalue weighted by Crippen LogP contribution is 2.49. The fourth-order valence-electron chi connectivity index (χ4n) is 2.26. The maximum Gasteiger partial charge on any atom is 0.123 e. The lowest BCUT2D eigenvalue weighted by Crippen LogP contribution is -2.09. The van der Waals surface area contributed by atoms with Crippen LogP contribution >= 0.6 is 0 Å². The minimum Gasteiger partial charge on any atom is -0.490 e. The smallest absolute Gasteiger partial charge is 0.123 e. The second kappa shape index (κ2) is 2.51. The topological polar surface area (TPSA) is 29.5 Å². The molecule has 0 radical (unpaired) electrons. The van der Waals surface area contributed by atoms with Crippen LogP contribution < -0.4 is 4.74 Å². The third-order valence-corrected chi connectivity index (χ3v) is 3.18. The first-order valence-electron chi connectivity index (χ1n) is 5.20. The van der Waals surface area contributed by atoms with E-state index in [1.165, 1.54) is 5.56 Å². The molecule has 1 saturated carbocycles. The summed E-state index contributed by atoms with van der Waals surface area (Å²) in [7, 11) is 0. The summed E-state index contributed by atoms with van der Waals surface area (Å²) < 4.78 is 5.66. The average molecular weight is 190 g/mol. The predicted octanol–water partition coefficient (Wildman–Crippen LogP) is 1.99. The van der Waals surface area contributed by atoms with E-state index in [1.807, 2.05) is 18.2 Å². The summed E-state index contributed by atoms with van der Waals surface area (Å²) in [6, 6.07) is 6.00. The summed E-state index contributed by atoms with van der Waals surface area (Å²) in [5, 5.41) is 10.1. The van der Waals surface area contributed by atoms with Crippen molar-refractivity contribution in [2.75, 3.05) is 0 Å². The number of fused-ring (bicyclic) bond motifs is 1. The van der Waals surface area contributed by atoms with E-state index in [2.05, 4.69) is 6.92 Å². The number of aliphatic hydroxyl groups is 1. The third-order valence-electron chi connectivity index (χ3n) is 3.18. The van der Waals surface area contributed by atoms with Gasteiger partial charge >= 0.3 is 0 Å². The quantitative estimate of drug-likeness (QED) is 0.733. The highest BCUT2D eigenvalue weighted by Gasteiger charge is 2.44. The highest BCUT2D eigenvalue weighted by molar-refractivity contribution is 5.47. The van der Waals surface area contributed by atoms with Crippen molar-refractivity contribution in [3.8, 4) is 5.75 Å². The molecule has 1 N–H and O–H groups in total. The Morgan fingerprint density at radius 3 is 2.93 bits per heavy atom. The molecule has 1 aliphatic heterocycles. The van der Waals surface area contributed by atoms with E-state index in [1.54, 1.807) is 0 Å². The van der Waals surface area contributed by atoms with Crippen molar-refractivity contribution in [1.29, 1.82) is 0 Å². The van der Waals surface area contributed by atoms with E-state index in [9.17, 15) is 5.11 Å². The zero-order chi connectivity index (χ0) is 9.76. The highest BCUT2D eigenvalue weighted by atomic mass is 16.5. The number of ether oxygens (including phenoxy) is 1. The normalized spacial score (nSPS) is 26.9. The van der Waals surface area contributed by atoms with Gasteiger partial charge in [-0.3, -0.25) is 0 Å². The van der Waals surface area contributed by atoms with Gasteiger partial charge in [0.15, 0.2) is 0 Å². The molecule has 74 valence electrons. The molecule has 1 heterocycles. The Labute approximate surface area is 83.5 Å². The summed E-state index contributed by atoms with van der Waals surface area (Å²) in [5.74, 6) is 0.968. The van der Waals surface area contributed by atoms with Crippen LogP contribution in [-0.2, 0) is 12.0 Å². The Hall–Kier alpha value is -1.02. The van der Waals surface area contributed by atoms with Gasteiger partial charge in [-0.2, -0.15) is 0 Å². The van der Waals surface area contributed by atoms with Crippen molar-refractivity contribution in [2.45, 2.75) is 37.9 Å². The minimum absolute atomic E-state index is 0.258. The van der Waals surface area contributed by atoms with E-state index in [0.717, 1.165) is 30.6 Å². The summed E-state index contributed by atoms with van der Waals surface area (Å²) in [5.41, 5.74) is 1.79. The number of hydrogen-bond acceptors (Lipinski definition) is 2. The Morgan fingerprint density at radius 2 is 2.21 bits per heavy atom. The number of hydrogen-bond donors (Lipinski definition) is 1. The molecule has 2 aliphatic rings. The molecule has 1 aromatic carbocycles. The molecule has 0 spiro atoms. The Balaban J connectivity index is 2.10. The first kappa shape index (κ1) is 8.30. The van der Waals surface area contributed by atoms with Gasteiger partial charge in [-0.1, -0.05) is 12.1 Å². The van der Waals surface area contributed by atoms with Crippen LogP contribution in [0.2, 0.25) is 0 Å². The maximum atomic E-state index is 10.1. The van der Waals surface area contributed by atoms with Crippen LogP contribution in [-0.4, -0.2) is 11.2 Å². The van der Waals surface area contributed by atoms with Gasteiger partial charge in [0.05, 0.1) is 5.60 Å². The molecule has 3 rings (SSSR count). The number of benzene rings is 1. The van der Waals surface area contributed by atoms with E-state index in [4.69, 9.17) is 4.74 Å².